The Labute approximate surface area is 117 Å². The molecule has 0 unspecified atom stereocenters. The van der Waals surface area contributed by atoms with Crippen molar-refractivity contribution >= 4 is 38.9 Å². The average Bonchev–Trinajstić information content (AvgIpc) is 2.79. The van der Waals surface area contributed by atoms with Crippen LogP contribution in [0.3, 0.4) is 0 Å². The van der Waals surface area contributed by atoms with Crippen LogP contribution in [-0.2, 0) is 0 Å². The molecule has 1 N–H and O–H groups in total. The van der Waals surface area contributed by atoms with E-state index in [0.29, 0.717) is 3.79 Å². The van der Waals surface area contributed by atoms with Crippen molar-refractivity contribution in [1.29, 1.82) is 0 Å². The van der Waals surface area contributed by atoms with Crippen LogP contribution in [0.2, 0.25) is 0 Å². The standard InChI is InChI=1S/C11H4BrF4NOS/c12-7-2-1-6(19-7)11(18)17-10-8(15)4(13)3-5(14)9(10)16/h1-3H,(H,17,18). The number of hydrogen-bond acceptors (Lipinski definition) is 2. The fraction of sp³-hybridized carbons (Fsp3) is 0. The second-order valence-corrected chi connectivity index (χ2v) is 5.86. The van der Waals surface area contributed by atoms with Crippen molar-refractivity contribution in [3.63, 3.8) is 0 Å². The number of thiophene rings is 1. The zero-order chi connectivity index (χ0) is 14.2. The molecule has 0 atom stereocenters. The maximum atomic E-state index is 13.3. The van der Waals surface area contributed by atoms with Gasteiger partial charge in [0.1, 0.15) is 5.69 Å². The fourth-order valence-corrected chi connectivity index (χ4v) is 2.58. The van der Waals surface area contributed by atoms with E-state index in [1.807, 2.05) is 5.32 Å². The summed E-state index contributed by atoms with van der Waals surface area (Å²) in [5, 5.41) is 1.81. The normalized spacial score (nSPS) is 10.6. The summed E-state index contributed by atoms with van der Waals surface area (Å²) < 4.78 is 53.2. The second kappa shape index (κ2) is 5.30. The van der Waals surface area contributed by atoms with Crippen molar-refractivity contribution in [2.45, 2.75) is 0 Å². The summed E-state index contributed by atoms with van der Waals surface area (Å²) in [6.07, 6.45) is 0. The molecule has 0 bridgehead atoms. The number of amides is 1. The van der Waals surface area contributed by atoms with Gasteiger partial charge in [-0.2, -0.15) is 0 Å². The van der Waals surface area contributed by atoms with Crippen LogP contribution in [0.25, 0.3) is 0 Å². The summed E-state index contributed by atoms with van der Waals surface area (Å²) in [6, 6.07) is 3.02. The first-order valence-corrected chi connectivity index (χ1v) is 6.40. The molecule has 1 amide bonds. The maximum absolute atomic E-state index is 13.3. The lowest BCUT2D eigenvalue weighted by molar-refractivity contribution is 0.102. The van der Waals surface area contributed by atoms with Crippen LogP contribution in [0.15, 0.2) is 22.0 Å². The van der Waals surface area contributed by atoms with Crippen molar-refractivity contribution < 1.29 is 22.4 Å². The molecule has 1 aromatic heterocycles. The molecule has 0 spiro atoms. The van der Waals surface area contributed by atoms with E-state index < -0.39 is 34.9 Å². The molecule has 1 aromatic carbocycles. The summed E-state index contributed by atoms with van der Waals surface area (Å²) in [4.78, 5) is 11.8. The first kappa shape index (κ1) is 14.0. The van der Waals surface area contributed by atoms with E-state index in [-0.39, 0.29) is 10.9 Å². The van der Waals surface area contributed by atoms with Gasteiger partial charge in [0, 0.05) is 6.07 Å². The van der Waals surface area contributed by atoms with E-state index in [9.17, 15) is 22.4 Å². The Bertz CT molecular complexity index is 632. The highest BCUT2D eigenvalue weighted by molar-refractivity contribution is 9.11. The quantitative estimate of drug-likeness (QED) is 0.632. The van der Waals surface area contributed by atoms with E-state index >= 15 is 0 Å². The number of carbonyl (C=O) groups is 1. The minimum Gasteiger partial charge on any atom is -0.316 e. The topological polar surface area (TPSA) is 29.1 Å². The molecule has 0 fully saturated rings. The minimum atomic E-state index is -1.65. The number of carbonyl (C=O) groups excluding carboxylic acids is 1. The number of hydrogen-bond donors (Lipinski definition) is 1. The van der Waals surface area contributed by atoms with Crippen LogP contribution in [0, 0.1) is 23.3 Å². The lowest BCUT2D eigenvalue weighted by atomic mass is 10.2. The Hall–Kier alpha value is -1.41. The van der Waals surface area contributed by atoms with Crippen LogP contribution >= 0.6 is 27.3 Å². The zero-order valence-corrected chi connectivity index (χ0v) is 11.3. The minimum absolute atomic E-state index is 0.0715. The van der Waals surface area contributed by atoms with Crippen LogP contribution in [0.4, 0.5) is 23.2 Å². The third-order valence-electron chi connectivity index (χ3n) is 2.15. The molecule has 0 saturated carbocycles. The van der Waals surface area contributed by atoms with Crippen LogP contribution < -0.4 is 5.32 Å². The summed E-state index contributed by atoms with van der Waals surface area (Å²) >= 11 is 4.12. The molecule has 19 heavy (non-hydrogen) atoms. The van der Waals surface area contributed by atoms with Gasteiger partial charge < -0.3 is 5.32 Å². The van der Waals surface area contributed by atoms with E-state index in [4.69, 9.17) is 0 Å². The van der Waals surface area contributed by atoms with Gasteiger partial charge >= 0.3 is 0 Å². The fourth-order valence-electron chi connectivity index (χ4n) is 1.29. The van der Waals surface area contributed by atoms with Crippen molar-refractivity contribution in [2.75, 3.05) is 5.32 Å². The van der Waals surface area contributed by atoms with Gasteiger partial charge in [0.25, 0.3) is 5.91 Å². The van der Waals surface area contributed by atoms with Gasteiger partial charge in [-0.3, -0.25) is 4.79 Å². The Balaban J connectivity index is 2.36. The van der Waals surface area contributed by atoms with Gasteiger partial charge in [-0.1, -0.05) is 0 Å². The third-order valence-corrected chi connectivity index (χ3v) is 3.77. The summed E-state index contributed by atoms with van der Waals surface area (Å²) in [7, 11) is 0. The first-order valence-electron chi connectivity index (χ1n) is 4.80. The van der Waals surface area contributed by atoms with E-state index in [1.165, 1.54) is 6.07 Å². The summed E-state index contributed by atoms with van der Waals surface area (Å²) in [6.45, 7) is 0. The Morgan fingerprint density at radius 2 is 1.68 bits per heavy atom. The molecule has 0 aliphatic carbocycles. The van der Waals surface area contributed by atoms with Gasteiger partial charge in [0.15, 0.2) is 23.3 Å². The molecular formula is C11H4BrF4NOS. The number of benzene rings is 1. The van der Waals surface area contributed by atoms with Crippen molar-refractivity contribution in [1.82, 2.24) is 0 Å². The average molecular weight is 354 g/mol. The molecule has 0 aliphatic rings. The lowest BCUT2D eigenvalue weighted by Gasteiger charge is -2.07. The molecule has 0 saturated heterocycles. The van der Waals surface area contributed by atoms with Crippen molar-refractivity contribution in [2.24, 2.45) is 0 Å². The molecule has 0 radical (unpaired) electrons. The highest BCUT2D eigenvalue weighted by Crippen LogP contribution is 2.27. The van der Waals surface area contributed by atoms with Gasteiger partial charge in [0.05, 0.1) is 8.66 Å². The van der Waals surface area contributed by atoms with Gasteiger partial charge in [-0.25, -0.2) is 17.6 Å². The highest BCUT2D eigenvalue weighted by Gasteiger charge is 2.21. The smallest absolute Gasteiger partial charge is 0.265 e. The number of rotatable bonds is 2. The predicted molar refractivity (Wildman–Crippen MR) is 66.2 cm³/mol. The molecule has 2 rings (SSSR count). The van der Waals surface area contributed by atoms with Crippen LogP contribution in [0.1, 0.15) is 9.67 Å². The highest BCUT2D eigenvalue weighted by atomic mass is 79.9. The first-order chi connectivity index (χ1) is 8.90. The van der Waals surface area contributed by atoms with Gasteiger partial charge in [0.2, 0.25) is 0 Å². The lowest BCUT2D eigenvalue weighted by Crippen LogP contribution is -2.14. The monoisotopic (exact) mass is 353 g/mol. The number of halogens is 5. The maximum Gasteiger partial charge on any atom is 0.265 e. The molecule has 0 aliphatic heterocycles. The number of nitrogens with one attached hydrogen (secondary N) is 1. The number of anilines is 1. The van der Waals surface area contributed by atoms with Crippen LogP contribution in [0.5, 0.6) is 0 Å². The van der Waals surface area contributed by atoms with Gasteiger partial charge in [-0.05, 0) is 28.1 Å². The Morgan fingerprint density at radius 3 is 2.16 bits per heavy atom. The van der Waals surface area contributed by atoms with E-state index in [1.54, 1.807) is 6.07 Å². The third kappa shape index (κ3) is 2.79. The molecule has 1 heterocycles. The molecular weight excluding hydrogens is 350 g/mol. The van der Waals surface area contributed by atoms with Crippen molar-refractivity contribution in [3.05, 3.63) is 50.1 Å². The predicted octanol–water partition coefficient (Wildman–Crippen LogP) is 4.32. The molecule has 8 heteroatoms. The Kier molecular flexibility index (Phi) is 3.91. The molecule has 100 valence electrons. The molecule has 2 aromatic rings. The Morgan fingerprint density at radius 1 is 1.11 bits per heavy atom. The van der Waals surface area contributed by atoms with Crippen LogP contribution in [-0.4, -0.2) is 5.91 Å². The zero-order valence-electron chi connectivity index (χ0n) is 8.94. The SMILES string of the molecule is O=C(Nc1c(F)c(F)cc(F)c1F)c1ccc(Br)s1. The molecule has 2 nitrogen and oxygen atoms in total. The van der Waals surface area contributed by atoms with Crippen molar-refractivity contribution in [3.8, 4) is 0 Å². The second-order valence-electron chi connectivity index (χ2n) is 3.40. The van der Waals surface area contributed by atoms with E-state index in [2.05, 4.69) is 15.9 Å². The van der Waals surface area contributed by atoms with Gasteiger partial charge in [-0.15, -0.1) is 11.3 Å². The largest absolute Gasteiger partial charge is 0.316 e. The summed E-state index contributed by atoms with van der Waals surface area (Å²) in [5.41, 5.74) is -1.15. The summed E-state index contributed by atoms with van der Waals surface area (Å²) in [5.74, 6) is -7.33. The van der Waals surface area contributed by atoms with E-state index in [0.717, 1.165) is 11.3 Å².